The van der Waals surface area contributed by atoms with Gasteiger partial charge in [0.2, 0.25) is 5.89 Å². The predicted molar refractivity (Wildman–Crippen MR) is 74.5 cm³/mol. The maximum atomic E-state index is 13.4. The third-order valence-electron chi connectivity index (χ3n) is 3.55. The Morgan fingerprint density at radius 3 is 2.67 bits per heavy atom. The summed E-state index contributed by atoms with van der Waals surface area (Å²) >= 11 is 0. The zero-order chi connectivity index (χ0) is 15.0. The Balaban J connectivity index is 2.23. The number of halogens is 1. The average Bonchev–Trinajstić information content (AvgIpc) is 2.90. The van der Waals surface area contributed by atoms with Gasteiger partial charge in [0.25, 0.3) is 0 Å². The van der Waals surface area contributed by atoms with Gasteiger partial charge in [-0.05, 0) is 36.8 Å². The summed E-state index contributed by atoms with van der Waals surface area (Å²) in [6.45, 7) is 1.45. The number of rotatable bonds is 3. The van der Waals surface area contributed by atoms with Crippen molar-refractivity contribution >= 4 is 17.1 Å². The Labute approximate surface area is 119 Å². The van der Waals surface area contributed by atoms with Crippen molar-refractivity contribution in [2.75, 3.05) is 0 Å². The van der Waals surface area contributed by atoms with E-state index in [4.69, 9.17) is 4.42 Å². The monoisotopic (exact) mass is 285 g/mol. The maximum Gasteiger partial charge on any atom is 0.323 e. The molecule has 0 saturated carbocycles. The first-order valence-electron chi connectivity index (χ1n) is 6.37. The molecule has 5 heteroatoms. The molecule has 0 radical (unpaired) electrons. The van der Waals surface area contributed by atoms with Gasteiger partial charge in [0.1, 0.15) is 11.3 Å². The molecule has 3 rings (SSSR count). The van der Waals surface area contributed by atoms with Crippen LogP contribution in [0.15, 0.2) is 52.9 Å². The number of hydrogen-bond acceptors (Lipinski definition) is 3. The van der Waals surface area contributed by atoms with Crippen LogP contribution in [-0.4, -0.2) is 16.1 Å². The SMILES string of the molecule is CC(C(=O)O)(c1cccc(F)c1)c1nc2ccccc2o1. The lowest BCUT2D eigenvalue weighted by Crippen LogP contribution is -2.34. The van der Waals surface area contributed by atoms with Gasteiger partial charge in [-0.15, -0.1) is 0 Å². The highest BCUT2D eigenvalue weighted by Gasteiger charge is 2.42. The van der Waals surface area contributed by atoms with E-state index in [-0.39, 0.29) is 11.5 Å². The third-order valence-corrected chi connectivity index (χ3v) is 3.55. The molecule has 1 atom stereocenters. The highest BCUT2D eigenvalue weighted by atomic mass is 19.1. The number of aromatic nitrogens is 1. The van der Waals surface area contributed by atoms with E-state index in [9.17, 15) is 14.3 Å². The van der Waals surface area contributed by atoms with Crippen LogP contribution >= 0.6 is 0 Å². The first kappa shape index (κ1) is 13.3. The van der Waals surface area contributed by atoms with E-state index in [0.29, 0.717) is 11.1 Å². The smallest absolute Gasteiger partial charge is 0.323 e. The number of nitrogens with zero attached hydrogens (tertiary/aromatic N) is 1. The molecule has 0 spiro atoms. The molecule has 0 saturated heterocycles. The summed E-state index contributed by atoms with van der Waals surface area (Å²) in [5.74, 6) is -1.63. The second kappa shape index (κ2) is 4.70. The number of carboxylic acid groups (broad SMARTS) is 1. The van der Waals surface area contributed by atoms with Crippen molar-refractivity contribution in [2.24, 2.45) is 0 Å². The molecule has 2 aromatic carbocycles. The van der Waals surface area contributed by atoms with Crippen LogP contribution in [0.5, 0.6) is 0 Å². The van der Waals surface area contributed by atoms with Crippen LogP contribution in [-0.2, 0) is 10.2 Å². The Morgan fingerprint density at radius 2 is 2.00 bits per heavy atom. The lowest BCUT2D eigenvalue weighted by molar-refractivity contribution is -0.142. The molecule has 1 N–H and O–H groups in total. The van der Waals surface area contributed by atoms with E-state index in [1.54, 1.807) is 30.3 Å². The fourth-order valence-corrected chi connectivity index (χ4v) is 2.22. The highest BCUT2D eigenvalue weighted by molar-refractivity contribution is 5.85. The van der Waals surface area contributed by atoms with E-state index < -0.39 is 17.2 Å². The van der Waals surface area contributed by atoms with Gasteiger partial charge >= 0.3 is 5.97 Å². The number of hydrogen-bond donors (Lipinski definition) is 1. The summed E-state index contributed by atoms with van der Waals surface area (Å²) < 4.78 is 19.0. The molecule has 0 aliphatic heterocycles. The minimum Gasteiger partial charge on any atom is -0.480 e. The van der Waals surface area contributed by atoms with Gasteiger partial charge in [-0.25, -0.2) is 9.37 Å². The van der Waals surface area contributed by atoms with E-state index in [1.807, 2.05) is 0 Å². The number of para-hydroxylation sites is 2. The molecule has 0 aliphatic carbocycles. The number of benzene rings is 2. The van der Waals surface area contributed by atoms with Crippen LogP contribution in [0.2, 0.25) is 0 Å². The van der Waals surface area contributed by atoms with Gasteiger partial charge in [-0.1, -0.05) is 24.3 Å². The minimum absolute atomic E-state index is 0.0294. The van der Waals surface area contributed by atoms with Crippen molar-refractivity contribution in [1.82, 2.24) is 4.98 Å². The fraction of sp³-hybridized carbons (Fsp3) is 0.125. The summed E-state index contributed by atoms with van der Waals surface area (Å²) in [6, 6.07) is 12.5. The number of oxazole rings is 1. The molecule has 0 aliphatic rings. The normalized spacial score (nSPS) is 14.0. The van der Waals surface area contributed by atoms with Gasteiger partial charge in [0.15, 0.2) is 11.0 Å². The molecule has 0 fully saturated rings. The average molecular weight is 285 g/mol. The zero-order valence-corrected chi connectivity index (χ0v) is 11.2. The summed E-state index contributed by atoms with van der Waals surface area (Å²) in [5.41, 5.74) is -0.212. The summed E-state index contributed by atoms with van der Waals surface area (Å²) in [7, 11) is 0. The van der Waals surface area contributed by atoms with Gasteiger partial charge in [0.05, 0.1) is 0 Å². The van der Waals surface area contributed by atoms with Crippen molar-refractivity contribution in [1.29, 1.82) is 0 Å². The standard InChI is InChI=1S/C16H12FNO3/c1-16(15(19)20,10-5-4-6-11(17)9-10)14-18-12-7-2-3-8-13(12)21-14/h2-9H,1H3,(H,19,20). The summed E-state index contributed by atoms with van der Waals surface area (Å²) in [4.78, 5) is 16.0. The van der Waals surface area contributed by atoms with Crippen molar-refractivity contribution in [3.8, 4) is 0 Å². The molecule has 1 unspecified atom stereocenters. The molecular weight excluding hydrogens is 273 g/mol. The summed E-state index contributed by atoms with van der Waals surface area (Å²) in [5, 5.41) is 9.63. The van der Waals surface area contributed by atoms with Crippen LogP contribution in [0, 0.1) is 5.82 Å². The molecule has 1 aromatic heterocycles. The Bertz CT molecular complexity index is 794. The second-order valence-electron chi connectivity index (χ2n) is 4.93. The van der Waals surface area contributed by atoms with Crippen molar-refractivity contribution < 1.29 is 18.7 Å². The van der Waals surface area contributed by atoms with Gasteiger partial charge in [0, 0.05) is 0 Å². The second-order valence-corrected chi connectivity index (χ2v) is 4.93. The minimum atomic E-state index is -1.55. The molecule has 106 valence electrons. The van der Waals surface area contributed by atoms with Crippen LogP contribution in [0.4, 0.5) is 4.39 Å². The van der Waals surface area contributed by atoms with E-state index in [1.165, 1.54) is 25.1 Å². The van der Waals surface area contributed by atoms with E-state index >= 15 is 0 Å². The lowest BCUT2D eigenvalue weighted by Gasteiger charge is -2.21. The molecule has 0 amide bonds. The Hall–Kier alpha value is -2.69. The highest BCUT2D eigenvalue weighted by Crippen LogP contribution is 2.34. The summed E-state index contributed by atoms with van der Waals surface area (Å²) in [6.07, 6.45) is 0. The Kier molecular flexibility index (Phi) is 2.97. The van der Waals surface area contributed by atoms with Crippen molar-refractivity contribution in [2.45, 2.75) is 12.3 Å². The Morgan fingerprint density at radius 1 is 1.24 bits per heavy atom. The van der Waals surface area contributed by atoms with Crippen molar-refractivity contribution in [3.05, 3.63) is 65.8 Å². The molecule has 3 aromatic rings. The fourth-order valence-electron chi connectivity index (χ4n) is 2.22. The molecule has 1 heterocycles. The quantitative estimate of drug-likeness (QED) is 0.801. The van der Waals surface area contributed by atoms with E-state index in [0.717, 1.165) is 0 Å². The van der Waals surface area contributed by atoms with Gasteiger partial charge in [-0.3, -0.25) is 4.79 Å². The van der Waals surface area contributed by atoms with Crippen LogP contribution in [0.3, 0.4) is 0 Å². The van der Waals surface area contributed by atoms with Gasteiger partial charge < -0.3 is 9.52 Å². The number of carbonyl (C=O) groups is 1. The lowest BCUT2D eigenvalue weighted by atomic mass is 9.82. The number of fused-ring (bicyclic) bond motifs is 1. The zero-order valence-electron chi connectivity index (χ0n) is 11.2. The van der Waals surface area contributed by atoms with E-state index in [2.05, 4.69) is 4.98 Å². The van der Waals surface area contributed by atoms with Crippen LogP contribution in [0.25, 0.3) is 11.1 Å². The van der Waals surface area contributed by atoms with Crippen molar-refractivity contribution in [3.63, 3.8) is 0 Å². The predicted octanol–water partition coefficient (Wildman–Crippen LogP) is 3.36. The van der Waals surface area contributed by atoms with Crippen LogP contribution < -0.4 is 0 Å². The maximum absolute atomic E-state index is 13.4. The molecule has 0 bridgehead atoms. The first-order valence-corrected chi connectivity index (χ1v) is 6.37. The van der Waals surface area contributed by atoms with Gasteiger partial charge in [-0.2, -0.15) is 0 Å². The molecule has 4 nitrogen and oxygen atoms in total. The topological polar surface area (TPSA) is 63.3 Å². The number of aliphatic carboxylic acids is 1. The van der Waals surface area contributed by atoms with Crippen LogP contribution in [0.1, 0.15) is 18.4 Å². The number of carboxylic acids is 1. The molecule has 21 heavy (non-hydrogen) atoms. The third kappa shape index (κ3) is 2.07. The first-order chi connectivity index (χ1) is 10.0. The molecular formula is C16H12FNO3. The largest absolute Gasteiger partial charge is 0.480 e.